The molecule has 1 aliphatic rings. The lowest BCUT2D eigenvalue weighted by Gasteiger charge is -2.33. The number of hydrogen-bond acceptors (Lipinski definition) is 5. The SMILES string of the molecule is CCOc1cc(C2NC(=O)N(C)C(C)=C2C(=O)OC)ccc1OC. The molecule has 1 aromatic carbocycles. The topological polar surface area (TPSA) is 77.1 Å². The second-order valence-corrected chi connectivity index (χ2v) is 5.28. The van der Waals surface area contributed by atoms with E-state index in [0.29, 0.717) is 34.9 Å². The van der Waals surface area contributed by atoms with Gasteiger partial charge < -0.3 is 24.4 Å². The van der Waals surface area contributed by atoms with Gasteiger partial charge in [-0.3, -0.25) is 0 Å². The van der Waals surface area contributed by atoms with Crippen LogP contribution in [0.4, 0.5) is 4.79 Å². The summed E-state index contributed by atoms with van der Waals surface area (Å²) in [6.45, 7) is 4.05. The molecule has 1 unspecified atom stereocenters. The average molecular weight is 334 g/mol. The molecule has 1 N–H and O–H groups in total. The van der Waals surface area contributed by atoms with Gasteiger partial charge in [0.1, 0.15) is 0 Å². The summed E-state index contributed by atoms with van der Waals surface area (Å²) in [5.41, 5.74) is 1.64. The fourth-order valence-corrected chi connectivity index (χ4v) is 2.60. The Morgan fingerprint density at radius 1 is 1.29 bits per heavy atom. The molecule has 1 aliphatic heterocycles. The van der Waals surface area contributed by atoms with Crippen LogP contribution in [0.1, 0.15) is 25.5 Å². The first kappa shape index (κ1) is 17.7. The Kier molecular flexibility index (Phi) is 5.33. The van der Waals surface area contributed by atoms with Crippen molar-refractivity contribution in [2.45, 2.75) is 19.9 Å². The Balaban J connectivity index is 2.54. The number of allylic oxidation sites excluding steroid dienone is 1. The quantitative estimate of drug-likeness (QED) is 0.836. The van der Waals surface area contributed by atoms with Crippen LogP contribution in [-0.4, -0.2) is 44.8 Å². The van der Waals surface area contributed by atoms with Crippen molar-refractivity contribution < 1.29 is 23.8 Å². The lowest BCUT2D eigenvalue weighted by atomic mass is 9.94. The number of carbonyl (C=O) groups is 2. The van der Waals surface area contributed by atoms with Crippen molar-refractivity contribution in [3.8, 4) is 11.5 Å². The van der Waals surface area contributed by atoms with Gasteiger partial charge in [0.2, 0.25) is 0 Å². The van der Waals surface area contributed by atoms with Crippen LogP contribution in [0.3, 0.4) is 0 Å². The van der Waals surface area contributed by atoms with Gasteiger partial charge in [-0.2, -0.15) is 0 Å². The monoisotopic (exact) mass is 334 g/mol. The molecule has 7 nitrogen and oxygen atoms in total. The molecular weight excluding hydrogens is 312 g/mol. The summed E-state index contributed by atoms with van der Waals surface area (Å²) in [5.74, 6) is 0.644. The number of nitrogens with one attached hydrogen (secondary N) is 1. The Morgan fingerprint density at radius 2 is 2.00 bits per heavy atom. The highest BCUT2D eigenvalue weighted by molar-refractivity contribution is 5.94. The first-order valence-corrected chi connectivity index (χ1v) is 7.58. The van der Waals surface area contributed by atoms with Crippen molar-refractivity contribution in [1.82, 2.24) is 10.2 Å². The maximum Gasteiger partial charge on any atom is 0.337 e. The van der Waals surface area contributed by atoms with E-state index in [-0.39, 0.29) is 6.03 Å². The third kappa shape index (κ3) is 3.15. The number of methoxy groups -OCH3 is 2. The minimum absolute atomic E-state index is 0.293. The molecular formula is C17H22N2O5. The Morgan fingerprint density at radius 3 is 2.58 bits per heavy atom. The molecule has 1 atom stereocenters. The van der Waals surface area contributed by atoms with Crippen molar-refractivity contribution in [3.63, 3.8) is 0 Å². The number of carbonyl (C=O) groups excluding carboxylic acids is 2. The average Bonchev–Trinajstić information content (AvgIpc) is 2.59. The van der Waals surface area contributed by atoms with E-state index in [4.69, 9.17) is 14.2 Å². The zero-order valence-electron chi connectivity index (χ0n) is 14.5. The Bertz CT molecular complexity index is 684. The standard InChI is InChI=1S/C17H22N2O5/c1-6-24-13-9-11(7-8-12(13)22-4)15-14(16(20)23-5)10(2)19(3)17(21)18-15/h7-9,15H,6H2,1-5H3,(H,18,21). The number of ether oxygens (including phenoxy) is 3. The van der Waals surface area contributed by atoms with E-state index in [0.717, 1.165) is 0 Å². The number of hydrogen-bond donors (Lipinski definition) is 1. The number of amides is 2. The fraction of sp³-hybridized carbons (Fsp3) is 0.412. The minimum atomic E-state index is -0.619. The molecule has 0 aliphatic carbocycles. The largest absolute Gasteiger partial charge is 0.493 e. The Hall–Kier alpha value is -2.70. The van der Waals surface area contributed by atoms with Crippen molar-refractivity contribution >= 4 is 12.0 Å². The molecule has 0 saturated heterocycles. The number of benzene rings is 1. The van der Waals surface area contributed by atoms with E-state index in [2.05, 4.69) is 5.32 Å². The summed E-state index contributed by atoms with van der Waals surface area (Å²) in [5, 5.41) is 2.82. The van der Waals surface area contributed by atoms with Gasteiger partial charge in [0.15, 0.2) is 11.5 Å². The molecule has 0 fully saturated rings. The third-order valence-corrected chi connectivity index (χ3v) is 3.98. The molecule has 1 aromatic rings. The molecule has 2 amide bonds. The van der Waals surface area contributed by atoms with Gasteiger partial charge in [-0.25, -0.2) is 9.59 Å². The van der Waals surface area contributed by atoms with Crippen LogP contribution < -0.4 is 14.8 Å². The van der Waals surface area contributed by atoms with E-state index < -0.39 is 12.0 Å². The zero-order valence-corrected chi connectivity index (χ0v) is 14.5. The third-order valence-electron chi connectivity index (χ3n) is 3.98. The van der Waals surface area contributed by atoms with E-state index in [1.54, 1.807) is 39.3 Å². The molecule has 0 spiro atoms. The molecule has 1 heterocycles. The van der Waals surface area contributed by atoms with Crippen molar-refractivity contribution in [2.75, 3.05) is 27.9 Å². The molecule has 0 radical (unpaired) electrons. The predicted molar refractivity (Wildman–Crippen MR) is 87.9 cm³/mol. The number of urea groups is 1. The minimum Gasteiger partial charge on any atom is -0.493 e. The first-order chi connectivity index (χ1) is 11.4. The van der Waals surface area contributed by atoms with Gasteiger partial charge in [-0.15, -0.1) is 0 Å². The predicted octanol–water partition coefficient (Wildman–Crippen LogP) is 2.24. The second-order valence-electron chi connectivity index (χ2n) is 5.28. The molecule has 0 saturated carbocycles. The van der Waals surface area contributed by atoms with E-state index in [1.165, 1.54) is 12.0 Å². The summed E-state index contributed by atoms with van der Waals surface area (Å²) in [4.78, 5) is 25.8. The van der Waals surface area contributed by atoms with Gasteiger partial charge >= 0.3 is 12.0 Å². The molecule has 130 valence electrons. The summed E-state index contributed by atoms with van der Waals surface area (Å²) in [7, 11) is 4.47. The van der Waals surface area contributed by atoms with Gasteiger partial charge in [0, 0.05) is 12.7 Å². The normalized spacial score (nSPS) is 17.5. The molecule has 7 heteroatoms. The van der Waals surface area contributed by atoms with Crippen LogP contribution in [-0.2, 0) is 9.53 Å². The number of rotatable bonds is 5. The highest BCUT2D eigenvalue weighted by Crippen LogP contribution is 2.35. The van der Waals surface area contributed by atoms with Crippen molar-refractivity contribution in [2.24, 2.45) is 0 Å². The smallest absolute Gasteiger partial charge is 0.337 e. The van der Waals surface area contributed by atoms with Gasteiger partial charge in [0.25, 0.3) is 0 Å². The summed E-state index contributed by atoms with van der Waals surface area (Å²) >= 11 is 0. The maximum absolute atomic E-state index is 12.2. The highest BCUT2D eigenvalue weighted by atomic mass is 16.5. The van der Waals surface area contributed by atoms with E-state index >= 15 is 0 Å². The van der Waals surface area contributed by atoms with Crippen LogP contribution in [0.15, 0.2) is 29.5 Å². The first-order valence-electron chi connectivity index (χ1n) is 7.58. The van der Waals surface area contributed by atoms with Crippen LogP contribution in [0.25, 0.3) is 0 Å². The van der Waals surface area contributed by atoms with Crippen LogP contribution in [0, 0.1) is 0 Å². The van der Waals surface area contributed by atoms with Crippen molar-refractivity contribution in [1.29, 1.82) is 0 Å². The summed E-state index contributed by atoms with van der Waals surface area (Å²) < 4.78 is 15.7. The molecule has 0 bridgehead atoms. The number of esters is 1. The van der Waals surface area contributed by atoms with Gasteiger partial charge in [-0.1, -0.05) is 6.07 Å². The molecule has 24 heavy (non-hydrogen) atoms. The van der Waals surface area contributed by atoms with Gasteiger partial charge in [0.05, 0.1) is 32.4 Å². The lowest BCUT2D eigenvalue weighted by Crippen LogP contribution is -2.46. The molecule has 0 aromatic heterocycles. The van der Waals surface area contributed by atoms with Crippen LogP contribution in [0.5, 0.6) is 11.5 Å². The second kappa shape index (κ2) is 7.25. The fourth-order valence-electron chi connectivity index (χ4n) is 2.60. The maximum atomic E-state index is 12.2. The van der Waals surface area contributed by atoms with Crippen molar-refractivity contribution in [3.05, 3.63) is 35.0 Å². The van der Waals surface area contributed by atoms with Crippen LogP contribution >= 0.6 is 0 Å². The van der Waals surface area contributed by atoms with Crippen LogP contribution in [0.2, 0.25) is 0 Å². The highest BCUT2D eigenvalue weighted by Gasteiger charge is 2.35. The molecule has 2 rings (SSSR count). The van der Waals surface area contributed by atoms with E-state index in [1.807, 2.05) is 6.92 Å². The lowest BCUT2D eigenvalue weighted by molar-refractivity contribution is -0.136. The zero-order chi connectivity index (χ0) is 17.9. The van der Waals surface area contributed by atoms with E-state index in [9.17, 15) is 9.59 Å². The summed E-state index contributed by atoms with van der Waals surface area (Å²) in [6, 6.07) is 4.38. The van der Waals surface area contributed by atoms with Gasteiger partial charge in [-0.05, 0) is 31.5 Å². The summed E-state index contributed by atoms with van der Waals surface area (Å²) in [6.07, 6.45) is 0. The number of nitrogens with zero attached hydrogens (tertiary/aromatic N) is 1. The Labute approximate surface area is 141 Å².